The SMILES string of the molecule is CS(=O)(=O)N(CC(=O)N1CCN(c2ccccc2F)CC1)Cc1ccc(F)cc1. The third-order valence-electron chi connectivity index (χ3n) is 4.88. The number of piperazine rings is 1. The molecule has 1 amide bonds. The summed E-state index contributed by atoms with van der Waals surface area (Å²) in [6, 6.07) is 12.0. The van der Waals surface area contributed by atoms with Crippen LogP contribution in [0.25, 0.3) is 0 Å². The van der Waals surface area contributed by atoms with Crippen molar-refractivity contribution in [3.8, 4) is 0 Å². The molecule has 2 aromatic carbocycles. The molecule has 0 radical (unpaired) electrons. The summed E-state index contributed by atoms with van der Waals surface area (Å²) in [6.45, 7) is 1.37. The molecule has 2 aromatic rings. The number of amides is 1. The minimum Gasteiger partial charge on any atom is -0.366 e. The Morgan fingerprint density at radius 2 is 1.62 bits per heavy atom. The monoisotopic (exact) mass is 423 g/mol. The molecule has 6 nitrogen and oxygen atoms in total. The maximum Gasteiger partial charge on any atom is 0.238 e. The first kappa shape index (κ1) is 21.2. The maximum atomic E-state index is 13.9. The van der Waals surface area contributed by atoms with Gasteiger partial charge < -0.3 is 9.80 Å². The summed E-state index contributed by atoms with van der Waals surface area (Å²) in [5.74, 6) is -1.04. The molecule has 0 saturated carbocycles. The van der Waals surface area contributed by atoms with Crippen LogP contribution < -0.4 is 4.90 Å². The van der Waals surface area contributed by atoms with Gasteiger partial charge in [0.05, 0.1) is 18.5 Å². The molecule has 0 atom stereocenters. The first-order chi connectivity index (χ1) is 13.7. The molecule has 0 aliphatic carbocycles. The molecule has 156 valence electrons. The number of nitrogens with zero attached hydrogens (tertiary/aromatic N) is 3. The Labute approximate surface area is 169 Å². The van der Waals surface area contributed by atoms with Gasteiger partial charge >= 0.3 is 0 Å². The minimum absolute atomic E-state index is 0.0138. The lowest BCUT2D eigenvalue weighted by atomic mass is 10.2. The van der Waals surface area contributed by atoms with E-state index in [0.29, 0.717) is 37.4 Å². The Hall–Kier alpha value is -2.52. The van der Waals surface area contributed by atoms with Crippen molar-refractivity contribution < 1.29 is 22.0 Å². The van der Waals surface area contributed by atoms with Gasteiger partial charge in [0, 0.05) is 32.7 Å². The largest absolute Gasteiger partial charge is 0.366 e. The Balaban J connectivity index is 1.62. The highest BCUT2D eigenvalue weighted by Gasteiger charge is 2.27. The lowest BCUT2D eigenvalue weighted by molar-refractivity contribution is -0.131. The Morgan fingerprint density at radius 3 is 2.21 bits per heavy atom. The number of halogens is 2. The molecule has 0 aromatic heterocycles. The third kappa shape index (κ3) is 5.51. The van der Waals surface area contributed by atoms with E-state index >= 15 is 0 Å². The fraction of sp³-hybridized carbons (Fsp3) is 0.350. The number of sulfonamides is 1. The van der Waals surface area contributed by atoms with Crippen LogP contribution in [0.5, 0.6) is 0 Å². The van der Waals surface area contributed by atoms with Gasteiger partial charge in [0.2, 0.25) is 15.9 Å². The maximum absolute atomic E-state index is 13.9. The summed E-state index contributed by atoms with van der Waals surface area (Å²) in [7, 11) is -3.63. The third-order valence-corrected chi connectivity index (χ3v) is 6.07. The second-order valence-corrected chi connectivity index (χ2v) is 8.96. The van der Waals surface area contributed by atoms with E-state index in [0.717, 1.165) is 10.6 Å². The van der Waals surface area contributed by atoms with Gasteiger partial charge in [-0.05, 0) is 29.8 Å². The summed E-state index contributed by atoms with van der Waals surface area (Å²) < 4.78 is 52.3. The Bertz CT molecular complexity index is 959. The van der Waals surface area contributed by atoms with E-state index in [9.17, 15) is 22.0 Å². The zero-order valence-corrected chi connectivity index (χ0v) is 16.9. The zero-order chi connectivity index (χ0) is 21.0. The molecular formula is C20H23F2N3O3S. The molecule has 0 N–H and O–H groups in total. The Morgan fingerprint density at radius 1 is 1.00 bits per heavy atom. The number of carbonyl (C=O) groups is 1. The van der Waals surface area contributed by atoms with Crippen LogP contribution in [0.15, 0.2) is 48.5 Å². The summed E-state index contributed by atoms with van der Waals surface area (Å²) in [5.41, 5.74) is 1.09. The lowest BCUT2D eigenvalue weighted by Gasteiger charge is -2.37. The van der Waals surface area contributed by atoms with Crippen LogP contribution >= 0.6 is 0 Å². The van der Waals surface area contributed by atoms with Crippen molar-refractivity contribution in [1.82, 2.24) is 9.21 Å². The average Bonchev–Trinajstić information content (AvgIpc) is 2.69. The smallest absolute Gasteiger partial charge is 0.238 e. The van der Waals surface area contributed by atoms with Crippen molar-refractivity contribution >= 4 is 21.6 Å². The predicted octanol–water partition coefficient (Wildman–Crippen LogP) is 2.08. The first-order valence-corrected chi connectivity index (χ1v) is 11.1. The van der Waals surface area contributed by atoms with Gasteiger partial charge in [-0.2, -0.15) is 4.31 Å². The molecule has 9 heteroatoms. The van der Waals surface area contributed by atoms with Gasteiger partial charge in [-0.15, -0.1) is 0 Å². The van der Waals surface area contributed by atoms with E-state index in [1.165, 1.54) is 30.3 Å². The van der Waals surface area contributed by atoms with Crippen LogP contribution in [0.1, 0.15) is 5.56 Å². The van der Waals surface area contributed by atoms with Crippen molar-refractivity contribution in [3.05, 3.63) is 65.7 Å². The van der Waals surface area contributed by atoms with Crippen LogP contribution in [-0.4, -0.2) is 62.5 Å². The second kappa shape index (κ2) is 8.87. The molecule has 29 heavy (non-hydrogen) atoms. The molecule has 0 unspecified atom stereocenters. The Kier molecular flexibility index (Phi) is 6.49. The van der Waals surface area contributed by atoms with E-state index in [1.807, 2.05) is 4.90 Å². The highest BCUT2D eigenvalue weighted by molar-refractivity contribution is 7.88. The van der Waals surface area contributed by atoms with Crippen LogP contribution in [0, 0.1) is 11.6 Å². The molecule has 0 spiro atoms. The standard InChI is InChI=1S/C20H23F2N3O3S/c1-29(27,28)25(14-16-6-8-17(21)9-7-16)15-20(26)24-12-10-23(11-13-24)19-5-3-2-4-18(19)22/h2-9H,10-15H2,1H3. The van der Waals surface area contributed by atoms with Gasteiger partial charge in [-0.25, -0.2) is 17.2 Å². The van der Waals surface area contributed by atoms with Gasteiger partial charge in [0.15, 0.2) is 0 Å². The van der Waals surface area contributed by atoms with Gasteiger partial charge in [0.25, 0.3) is 0 Å². The number of hydrogen-bond donors (Lipinski definition) is 0. The van der Waals surface area contributed by atoms with Crippen LogP contribution in [0.3, 0.4) is 0 Å². The van der Waals surface area contributed by atoms with E-state index < -0.39 is 15.8 Å². The highest BCUT2D eigenvalue weighted by Crippen LogP contribution is 2.20. The molecule has 1 saturated heterocycles. The summed E-state index contributed by atoms with van der Waals surface area (Å²) >= 11 is 0. The van der Waals surface area contributed by atoms with E-state index in [4.69, 9.17) is 0 Å². The minimum atomic E-state index is -3.63. The van der Waals surface area contributed by atoms with E-state index in [1.54, 1.807) is 23.1 Å². The predicted molar refractivity (Wildman–Crippen MR) is 107 cm³/mol. The van der Waals surface area contributed by atoms with Crippen LogP contribution in [0.4, 0.5) is 14.5 Å². The van der Waals surface area contributed by atoms with Crippen molar-refractivity contribution in [2.75, 3.05) is 43.9 Å². The fourth-order valence-electron chi connectivity index (χ4n) is 3.24. The number of carbonyl (C=O) groups excluding carboxylic acids is 1. The molecule has 0 bridgehead atoms. The lowest BCUT2D eigenvalue weighted by Crippen LogP contribution is -2.51. The van der Waals surface area contributed by atoms with Gasteiger partial charge in [-0.3, -0.25) is 4.79 Å². The number of anilines is 1. The molecular weight excluding hydrogens is 400 g/mol. The zero-order valence-electron chi connectivity index (χ0n) is 16.1. The van der Waals surface area contributed by atoms with Gasteiger partial charge in [0.1, 0.15) is 11.6 Å². The number of rotatable bonds is 6. The van der Waals surface area contributed by atoms with E-state index in [-0.39, 0.29) is 24.8 Å². The van der Waals surface area contributed by atoms with Crippen molar-refractivity contribution in [2.45, 2.75) is 6.54 Å². The summed E-state index contributed by atoms with van der Waals surface area (Å²) in [4.78, 5) is 16.1. The van der Waals surface area contributed by atoms with Crippen LogP contribution in [-0.2, 0) is 21.4 Å². The number of para-hydroxylation sites is 1. The topological polar surface area (TPSA) is 60.9 Å². The van der Waals surface area contributed by atoms with Crippen molar-refractivity contribution in [2.24, 2.45) is 0 Å². The number of benzene rings is 2. The molecule has 1 aliphatic rings. The molecule has 3 rings (SSSR count). The average molecular weight is 423 g/mol. The van der Waals surface area contributed by atoms with Gasteiger partial charge in [-0.1, -0.05) is 24.3 Å². The van der Waals surface area contributed by atoms with E-state index in [2.05, 4.69) is 0 Å². The molecule has 1 heterocycles. The van der Waals surface area contributed by atoms with Crippen molar-refractivity contribution in [3.63, 3.8) is 0 Å². The first-order valence-electron chi connectivity index (χ1n) is 9.21. The number of hydrogen-bond acceptors (Lipinski definition) is 4. The van der Waals surface area contributed by atoms with Crippen molar-refractivity contribution in [1.29, 1.82) is 0 Å². The fourth-order valence-corrected chi connectivity index (χ4v) is 3.97. The molecule has 1 fully saturated rings. The molecule has 1 aliphatic heterocycles. The highest BCUT2D eigenvalue weighted by atomic mass is 32.2. The quantitative estimate of drug-likeness (QED) is 0.714. The normalized spacial score (nSPS) is 15.0. The van der Waals surface area contributed by atoms with Crippen LogP contribution in [0.2, 0.25) is 0 Å². The summed E-state index contributed by atoms with van der Waals surface area (Å²) in [5, 5.41) is 0. The summed E-state index contributed by atoms with van der Waals surface area (Å²) in [6.07, 6.45) is 1.04. The second-order valence-electron chi connectivity index (χ2n) is 6.98.